The highest BCUT2D eigenvalue weighted by atomic mass is 32.3. The summed E-state index contributed by atoms with van der Waals surface area (Å²) in [6.45, 7) is -0.422. The molecule has 0 spiro atoms. The SMILES string of the molecule is N#CC(C#N)S(=O)(=O)C(F)(F)S(=O)(=O)N1CCCCC1. The standard InChI is InChI=1S/C9H11F2N3O4S2/c10-9(11,19(15,16)8(6-12)7-13)20(17,18)14-4-2-1-3-5-14/h8H,1-5H2. The third-order valence-corrected chi connectivity index (χ3v) is 7.30. The molecule has 1 rings (SSSR count). The van der Waals surface area contributed by atoms with Crippen LogP contribution in [0.5, 0.6) is 0 Å². The highest BCUT2D eigenvalue weighted by Crippen LogP contribution is 2.35. The van der Waals surface area contributed by atoms with E-state index in [4.69, 9.17) is 10.5 Å². The van der Waals surface area contributed by atoms with E-state index in [0.29, 0.717) is 23.6 Å². The number of piperidine rings is 1. The smallest absolute Gasteiger partial charge is 0.219 e. The van der Waals surface area contributed by atoms with Crippen LogP contribution in [0.1, 0.15) is 19.3 Å². The minimum Gasteiger partial charge on any atom is -0.219 e. The molecule has 1 aliphatic heterocycles. The van der Waals surface area contributed by atoms with E-state index in [0.717, 1.165) is 12.1 Å². The number of sulfonamides is 1. The second-order valence-electron chi connectivity index (χ2n) is 4.11. The molecule has 0 saturated carbocycles. The maximum Gasteiger partial charge on any atom is 0.461 e. The number of alkyl halides is 2. The zero-order valence-corrected chi connectivity index (χ0v) is 11.8. The zero-order chi connectivity index (χ0) is 15.6. The van der Waals surface area contributed by atoms with Gasteiger partial charge in [-0.1, -0.05) is 6.42 Å². The summed E-state index contributed by atoms with van der Waals surface area (Å²) in [6, 6.07) is 1.72. The van der Waals surface area contributed by atoms with Crippen molar-refractivity contribution in [2.24, 2.45) is 0 Å². The maximum atomic E-state index is 13.9. The van der Waals surface area contributed by atoms with Crippen molar-refractivity contribution >= 4 is 19.9 Å². The summed E-state index contributed by atoms with van der Waals surface area (Å²) in [5.41, 5.74) is 0. The van der Waals surface area contributed by atoms with Crippen LogP contribution < -0.4 is 0 Å². The molecular weight excluding hydrogens is 316 g/mol. The normalized spacial score (nSPS) is 18.4. The summed E-state index contributed by atoms with van der Waals surface area (Å²) in [5, 5.41) is 14.1. The topological polar surface area (TPSA) is 119 Å². The largest absolute Gasteiger partial charge is 0.461 e. The van der Waals surface area contributed by atoms with E-state index in [1.54, 1.807) is 0 Å². The average Bonchev–Trinajstić information content (AvgIpc) is 2.40. The Morgan fingerprint density at radius 1 is 1.00 bits per heavy atom. The third-order valence-electron chi connectivity index (χ3n) is 2.83. The minimum absolute atomic E-state index is 0.211. The molecule has 1 heterocycles. The molecule has 0 aromatic rings. The van der Waals surface area contributed by atoms with Gasteiger partial charge < -0.3 is 0 Å². The highest BCUT2D eigenvalue weighted by molar-refractivity contribution is 8.09. The molecule has 0 aromatic heterocycles. The summed E-state index contributed by atoms with van der Waals surface area (Å²) >= 11 is 0. The van der Waals surface area contributed by atoms with Crippen LogP contribution in [-0.2, 0) is 19.9 Å². The predicted molar refractivity (Wildman–Crippen MR) is 63.2 cm³/mol. The fourth-order valence-corrected chi connectivity index (χ4v) is 5.08. The molecule has 11 heteroatoms. The number of hydrogen-bond acceptors (Lipinski definition) is 6. The van der Waals surface area contributed by atoms with Crippen molar-refractivity contribution in [3.05, 3.63) is 0 Å². The van der Waals surface area contributed by atoms with E-state index in [9.17, 15) is 25.6 Å². The van der Waals surface area contributed by atoms with Crippen LogP contribution in [0.2, 0.25) is 0 Å². The molecule has 0 atom stereocenters. The van der Waals surface area contributed by atoms with E-state index in [-0.39, 0.29) is 13.1 Å². The molecule has 112 valence electrons. The van der Waals surface area contributed by atoms with E-state index in [1.807, 2.05) is 0 Å². The van der Waals surface area contributed by atoms with Gasteiger partial charge in [-0.05, 0) is 12.8 Å². The van der Waals surface area contributed by atoms with Gasteiger partial charge in [0.1, 0.15) is 0 Å². The fraction of sp³-hybridized carbons (Fsp3) is 0.778. The molecule has 0 aromatic carbocycles. The van der Waals surface area contributed by atoms with E-state index in [2.05, 4.69) is 0 Å². The summed E-state index contributed by atoms with van der Waals surface area (Å²) in [4.78, 5) is 0. The van der Waals surface area contributed by atoms with Crippen LogP contribution in [0.4, 0.5) is 8.78 Å². The lowest BCUT2D eigenvalue weighted by Crippen LogP contribution is -2.51. The van der Waals surface area contributed by atoms with Gasteiger partial charge in [-0.25, -0.2) is 16.8 Å². The summed E-state index contributed by atoms with van der Waals surface area (Å²) in [6.07, 6.45) is 1.34. The lowest BCUT2D eigenvalue weighted by Gasteiger charge is -2.29. The fourth-order valence-electron chi connectivity index (χ4n) is 1.71. The Kier molecular flexibility index (Phi) is 4.69. The van der Waals surface area contributed by atoms with E-state index in [1.165, 1.54) is 0 Å². The molecule has 0 amide bonds. The predicted octanol–water partition coefficient (Wildman–Crippen LogP) is 0.183. The molecule has 1 aliphatic rings. The van der Waals surface area contributed by atoms with Crippen molar-refractivity contribution in [3.63, 3.8) is 0 Å². The summed E-state index contributed by atoms with van der Waals surface area (Å²) in [5.74, 6) is 0. The lowest BCUT2D eigenvalue weighted by molar-refractivity contribution is 0.165. The van der Waals surface area contributed by atoms with Gasteiger partial charge in [0.25, 0.3) is 19.9 Å². The van der Waals surface area contributed by atoms with Gasteiger partial charge in [0.15, 0.2) is 0 Å². The molecule has 0 bridgehead atoms. The van der Waals surface area contributed by atoms with E-state index < -0.39 is 29.7 Å². The first-order valence-corrected chi connectivity index (χ1v) is 8.51. The van der Waals surface area contributed by atoms with Gasteiger partial charge in [0.2, 0.25) is 5.25 Å². The molecular formula is C9H11F2N3O4S2. The molecule has 20 heavy (non-hydrogen) atoms. The molecule has 0 radical (unpaired) electrons. The Morgan fingerprint density at radius 2 is 1.45 bits per heavy atom. The molecule has 0 N–H and O–H groups in total. The van der Waals surface area contributed by atoms with Crippen molar-refractivity contribution < 1.29 is 25.6 Å². The average molecular weight is 327 g/mol. The van der Waals surface area contributed by atoms with Crippen LogP contribution >= 0.6 is 0 Å². The van der Waals surface area contributed by atoms with Crippen LogP contribution in [0.15, 0.2) is 0 Å². The number of sulfone groups is 1. The Labute approximate surface area is 115 Å². The molecule has 0 aliphatic carbocycles. The van der Waals surface area contributed by atoms with Crippen molar-refractivity contribution in [3.8, 4) is 12.1 Å². The second-order valence-corrected chi connectivity index (χ2v) is 8.42. The zero-order valence-electron chi connectivity index (χ0n) is 10.2. The van der Waals surface area contributed by atoms with Crippen LogP contribution in [0.25, 0.3) is 0 Å². The van der Waals surface area contributed by atoms with Crippen LogP contribution in [0.3, 0.4) is 0 Å². The van der Waals surface area contributed by atoms with Gasteiger partial charge >= 0.3 is 4.59 Å². The molecule has 7 nitrogen and oxygen atoms in total. The van der Waals surface area contributed by atoms with Crippen LogP contribution in [0, 0.1) is 22.7 Å². The monoisotopic (exact) mass is 327 g/mol. The first-order chi connectivity index (χ1) is 9.12. The van der Waals surface area contributed by atoms with E-state index >= 15 is 0 Å². The summed E-state index contributed by atoms with van der Waals surface area (Å²) < 4.78 is 69.5. The Morgan fingerprint density at radius 3 is 1.85 bits per heavy atom. The Bertz CT molecular complexity index is 640. The molecule has 1 saturated heterocycles. The first kappa shape index (κ1) is 16.8. The Balaban J connectivity index is 3.28. The second kappa shape index (κ2) is 5.60. The molecule has 1 fully saturated rings. The van der Waals surface area contributed by atoms with Gasteiger partial charge in [-0.2, -0.15) is 23.6 Å². The minimum atomic E-state index is -5.79. The Hall–Kier alpha value is -1.30. The van der Waals surface area contributed by atoms with Crippen molar-refractivity contribution in [1.82, 2.24) is 4.31 Å². The number of rotatable bonds is 4. The lowest BCUT2D eigenvalue weighted by atomic mass is 10.2. The van der Waals surface area contributed by atoms with Gasteiger partial charge in [0, 0.05) is 13.1 Å². The maximum absolute atomic E-state index is 13.9. The number of halogens is 2. The molecule has 0 unspecified atom stereocenters. The quantitative estimate of drug-likeness (QED) is 0.726. The van der Waals surface area contributed by atoms with Gasteiger partial charge in [0.05, 0.1) is 12.1 Å². The number of nitriles is 2. The summed E-state index contributed by atoms with van der Waals surface area (Å²) in [7, 11) is -11.3. The van der Waals surface area contributed by atoms with Crippen molar-refractivity contribution in [1.29, 1.82) is 10.5 Å². The van der Waals surface area contributed by atoms with Gasteiger partial charge in [-0.15, -0.1) is 0 Å². The first-order valence-electron chi connectivity index (χ1n) is 5.53. The number of hydrogen-bond donors (Lipinski definition) is 0. The van der Waals surface area contributed by atoms with Crippen LogP contribution in [-0.4, -0.2) is 44.1 Å². The number of nitrogens with zero attached hydrogens (tertiary/aromatic N) is 3. The van der Waals surface area contributed by atoms with Crippen molar-refractivity contribution in [2.45, 2.75) is 29.1 Å². The van der Waals surface area contributed by atoms with Crippen molar-refractivity contribution in [2.75, 3.05) is 13.1 Å². The highest BCUT2D eigenvalue weighted by Gasteiger charge is 2.63. The van der Waals surface area contributed by atoms with Gasteiger partial charge in [-0.3, -0.25) is 0 Å². The third kappa shape index (κ3) is 2.49.